The second-order valence-corrected chi connectivity index (χ2v) is 5.24. The van der Waals surface area contributed by atoms with Crippen molar-refractivity contribution in [2.45, 2.75) is 20.4 Å². The summed E-state index contributed by atoms with van der Waals surface area (Å²) in [6, 6.07) is 9.45. The number of aryl methyl sites for hydroxylation is 1. The van der Waals surface area contributed by atoms with Crippen LogP contribution in [-0.2, 0) is 6.54 Å². The Bertz CT molecular complexity index is 564. The topological polar surface area (TPSA) is 33.5 Å². The van der Waals surface area contributed by atoms with Gasteiger partial charge in [-0.2, -0.15) is 0 Å². The molecule has 0 atom stereocenters. The molecule has 0 radical (unpaired) electrons. The van der Waals surface area contributed by atoms with Crippen LogP contribution in [0.15, 0.2) is 45.5 Å². The van der Waals surface area contributed by atoms with Crippen molar-refractivity contribution < 1.29 is 9.21 Å². The molecule has 1 aromatic carbocycles. The number of carbonyl (C=O) groups excluding carboxylic acids is 1. The van der Waals surface area contributed by atoms with Gasteiger partial charge in [-0.1, -0.05) is 6.07 Å². The van der Waals surface area contributed by atoms with E-state index in [0.29, 0.717) is 18.7 Å². The maximum Gasteiger partial charge on any atom is 0.255 e. The highest BCUT2D eigenvalue weighted by atomic mass is 79.9. The molecule has 0 bridgehead atoms. The van der Waals surface area contributed by atoms with Gasteiger partial charge in [-0.3, -0.25) is 4.79 Å². The minimum atomic E-state index is 0.00535. The van der Waals surface area contributed by atoms with E-state index in [2.05, 4.69) is 15.9 Å². The normalized spacial score (nSPS) is 10.5. The highest BCUT2D eigenvalue weighted by molar-refractivity contribution is 9.10. The van der Waals surface area contributed by atoms with E-state index in [1.165, 1.54) is 0 Å². The van der Waals surface area contributed by atoms with E-state index in [0.717, 1.165) is 15.8 Å². The minimum Gasteiger partial charge on any atom is -0.467 e. The molecule has 0 saturated carbocycles. The van der Waals surface area contributed by atoms with Gasteiger partial charge < -0.3 is 9.32 Å². The van der Waals surface area contributed by atoms with E-state index in [4.69, 9.17) is 4.42 Å². The number of rotatable bonds is 4. The molecular formula is C15H16BrNO2. The minimum absolute atomic E-state index is 0.00535. The lowest BCUT2D eigenvalue weighted by Crippen LogP contribution is -2.30. The highest BCUT2D eigenvalue weighted by Crippen LogP contribution is 2.21. The van der Waals surface area contributed by atoms with Crippen LogP contribution in [-0.4, -0.2) is 17.4 Å². The van der Waals surface area contributed by atoms with Crippen LogP contribution < -0.4 is 0 Å². The number of hydrogen-bond donors (Lipinski definition) is 0. The molecule has 0 aliphatic rings. The van der Waals surface area contributed by atoms with Crippen molar-refractivity contribution >= 4 is 21.8 Å². The predicted octanol–water partition coefficient (Wildman–Crippen LogP) is 4.01. The molecule has 1 heterocycles. The zero-order valence-corrected chi connectivity index (χ0v) is 12.6. The predicted molar refractivity (Wildman–Crippen MR) is 78.0 cm³/mol. The SMILES string of the molecule is CCN(Cc1ccco1)C(=O)c1ccc(C)cc1Br. The first-order valence-corrected chi connectivity index (χ1v) is 6.99. The summed E-state index contributed by atoms with van der Waals surface area (Å²) in [4.78, 5) is 14.2. The van der Waals surface area contributed by atoms with Crippen molar-refractivity contribution in [2.75, 3.05) is 6.54 Å². The second kappa shape index (κ2) is 6.06. The van der Waals surface area contributed by atoms with Crippen LogP contribution in [0.3, 0.4) is 0 Å². The number of carbonyl (C=O) groups is 1. The third kappa shape index (κ3) is 3.26. The van der Waals surface area contributed by atoms with Gasteiger partial charge in [-0.05, 0) is 59.6 Å². The van der Waals surface area contributed by atoms with Gasteiger partial charge >= 0.3 is 0 Å². The van der Waals surface area contributed by atoms with Crippen molar-refractivity contribution in [1.82, 2.24) is 4.90 Å². The summed E-state index contributed by atoms with van der Waals surface area (Å²) in [6.45, 7) is 5.09. The molecule has 4 heteroatoms. The molecule has 100 valence electrons. The summed E-state index contributed by atoms with van der Waals surface area (Å²) >= 11 is 3.45. The monoisotopic (exact) mass is 321 g/mol. The lowest BCUT2D eigenvalue weighted by Gasteiger charge is -2.20. The summed E-state index contributed by atoms with van der Waals surface area (Å²) in [5, 5.41) is 0. The Morgan fingerprint density at radius 3 is 2.74 bits per heavy atom. The molecule has 3 nitrogen and oxygen atoms in total. The van der Waals surface area contributed by atoms with Gasteiger partial charge in [0, 0.05) is 11.0 Å². The van der Waals surface area contributed by atoms with Crippen molar-refractivity contribution in [3.63, 3.8) is 0 Å². The fourth-order valence-electron chi connectivity index (χ4n) is 1.88. The molecule has 0 aliphatic heterocycles. The van der Waals surface area contributed by atoms with Gasteiger partial charge in [-0.25, -0.2) is 0 Å². The van der Waals surface area contributed by atoms with E-state index >= 15 is 0 Å². The lowest BCUT2D eigenvalue weighted by molar-refractivity contribution is 0.0740. The average molecular weight is 322 g/mol. The van der Waals surface area contributed by atoms with Crippen molar-refractivity contribution in [2.24, 2.45) is 0 Å². The molecule has 0 spiro atoms. The molecule has 19 heavy (non-hydrogen) atoms. The van der Waals surface area contributed by atoms with Gasteiger partial charge in [-0.15, -0.1) is 0 Å². The van der Waals surface area contributed by atoms with Crippen molar-refractivity contribution in [1.29, 1.82) is 0 Å². The molecule has 0 N–H and O–H groups in total. The van der Waals surface area contributed by atoms with E-state index in [1.54, 1.807) is 11.2 Å². The first-order chi connectivity index (χ1) is 9.11. The van der Waals surface area contributed by atoms with E-state index < -0.39 is 0 Å². The molecular weight excluding hydrogens is 306 g/mol. The molecule has 0 unspecified atom stereocenters. The van der Waals surface area contributed by atoms with E-state index in [9.17, 15) is 4.79 Å². The molecule has 2 rings (SSSR count). The van der Waals surface area contributed by atoms with Crippen LogP contribution in [0, 0.1) is 6.92 Å². The van der Waals surface area contributed by atoms with Crippen molar-refractivity contribution in [3.05, 3.63) is 58.0 Å². The maximum absolute atomic E-state index is 12.5. The smallest absolute Gasteiger partial charge is 0.255 e. The van der Waals surface area contributed by atoms with Crippen LogP contribution in [0.4, 0.5) is 0 Å². The number of nitrogens with zero attached hydrogens (tertiary/aromatic N) is 1. The third-order valence-electron chi connectivity index (χ3n) is 2.95. The number of hydrogen-bond acceptors (Lipinski definition) is 2. The Morgan fingerprint density at radius 2 is 2.16 bits per heavy atom. The number of furan rings is 1. The summed E-state index contributed by atoms with van der Waals surface area (Å²) in [7, 11) is 0. The zero-order chi connectivity index (χ0) is 13.8. The molecule has 1 amide bonds. The third-order valence-corrected chi connectivity index (χ3v) is 3.61. The van der Waals surface area contributed by atoms with Gasteiger partial charge in [0.05, 0.1) is 18.4 Å². The van der Waals surface area contributed by atoms with Gasteiger partial charge in [0.2, 0.25) is 0 Å². The number of benzene rings is 1. The molecule has 0 fully saturated rings. The second-order valence-electron chi connectivity index (χ2n) is 4.38. The summed E-state index contributed by atoms with van der Waals surface area (Å²) in [5.74, 6) is 0.796. The molecule has 2 aromatic rings. The Kier molecular flexibility index (Phi) is 4.43. The lowest BCUT2D eigenvalue weighted by atomic mass is 10.1. The zero-order valence-electron chi connectivity index (χ0n) is 11.0. The summed E-state index contributed by atoms with van der Waals surface area (Å²) < 4.78 is 6.12. The fourth-order valence-corrected chi connectivity index (χ4v) is 2.54. The van der Waals surface area contributed by atoms with Gasteiger partial charge in [0.15, 0.2) is 0 Å². The van der Waals surface area contributed by atoms with Gasteiger partial charge in [0.25, 0.3) is 5.91 Å². The maximum atomic E-state index is 12.5. The number of amides is 1. The van der Waals surface area contributed by atoms with Crippen LogP contribution in [0.2, 0.25) is 0 Å². The Hall–Kier alpha value is -1.55. The molecule has 0 aliphatic carbocycles. The van der Waals surface area contributed by atoms with Crippen LogP contribution in [0.5, 0.6) is 0 Å². The van der Waals surface area contributed by atoms with Crippen LogP contribution in [0.25, 0.3) is 0 Å². The summed E-state index contributed by atoms with van der Waals surface area (Å²) in [5.41, 5.74) is 1.80. The van der Waals surface area contributed by atoms with Gasteiger partial charge in [0.1, 0.15) is 5.76 Å². The van der Waals surface area contributed by atoms with Crippen LogP contribution >= 0.6 is 15.9 Å². The van der Waals surface area contributed by atoms with Crippen LogP contribution in [0.1, 0.15) is 28.6 Å². The molecule has 0 saturated heterocycles. The highest BCUT2D eigenvalue weighted by Gasteiger charge is 2.17. The first-order valence-electron chi connectivity index (χ1n) is 6.19. The van der Waals surface area contributed by atoms with Crippen molar-refractivity contribution in [3.8, 4) is 0 Å². The average Bonchev–Trinajstić information content (AvgIpc) is 2.88. The first kappa shape index (κ1) is 13.9. The standard InChI is InChI=1S/C15H16BrNO2/c1-3-17(10-12-5-4-8-19-12)15(18)13-7-6-11(2)9-14(13)16/h4-9H,3,10H2,1-2H3. The number of halogens is 1. The van der Waals surface area contributed by atoms with E-state index in [1.807, 2.05) is 44.2 Å². The molecule has 1 aromatic heterocycles. The quantitative estimate of drug-likeness (QED) is 0.852. The Labute approximate surface area is 121 Å². The Morgan fingerprint density at radius 1 is 1.37 bits per heavy atom. The Balaban J connectivity index is 2.20. The largest absolute Gasteiger partial charge is 0.467 e. The fraction of sp³-hybridized carbons (Fsp3) is 0.267. The summed E-state index contributed by atoms with van der Waals surface area (Å²) in [6.07, 6.45) is 1.62. The van der Waals surface area contributed by atoms with E-state index in [-0.39, 0.29) is 5.91 Å².